The van der Waals surface area contributed by atoms with Gasteiger partial charge in [0, 0.05) is 25.2 Å². The Kier molecular flexibility index (Phi) is 4.21. The van der Waals surface area contributed by atoms with Crippen LogP contribution in [0.5, 0.6) is 11.5 Å². The van der Waals surface area contributed by atoms with Gasteiger partial charge in [0.1, 0.15) is 0 Å². The van der Waals surface area contributed by atoms with Crippen molar-refractivity contribution in [3.63, 3.8) is 0 Å². The number of nitrogens with two attached hydrogens (primary N) is 1. The smallest absolute Gasteiger partial charge is 0.240 e. The van der Waals surface area contributed by atoms with Crippen molar-refractivity contribution in [3.8, 4) is 11.5 Å². The molecule has 0 atom stereocenters. The van der Waals surface area contributed by atoms with Crippen LogP contribution >= 0.6 is 0 Å². The van der Waals surface area contributed by atoms with Gasteiger partial charge in [0.15, 0.2) is 11.5 Å². The quantitative estimate of drug-likeness (QED) is 0.874. The molecule has 3 N–H and O–H groups in total. The average Bonchev–Trinajstić information content (AvgIpc) is 3.01. The molecule has 23 heavy (non-hydrogen) atoms. The number of hydrogen-bond donors (Lipinski definition) is 2. The molecule has 6 heteroatoms. The molecular weight excluding hydrogens is 296 g/mol. The first-order chi connectivity index (χ1) is 10.9. The molecule has 2 aliphatic rings. The lowest BCUT2D eigenvalue weighted by molar-refractivity contribution is -0.130. The summed E-state index contributed by atoms with van der Waals surface area (Å²) >= 11 is 0. The first kappa shape index (κ1) is 16.1. The molecule has 1 saturated heterocycles. The Bertz CT molecular complexity index is 594. The van der Waals surface area contributed by atoms with Gasteiger partial charge in [0.05, 0.1) is 5.54 Å². The molecule has 0 bridgehead atoms. The molecule has 2 heterocycles. The lowest BCUT2D eigenvalue weighted by Crippen LogP contribution is -2.58. The van der Waals surface area contributed by atoms with Gasteiger partial charge < -0.3 is 25.3 Å². The van der Waals surface area contributed by atoms with E-state index in [4.69, 9.17) is 19.9 Å². The first-order valence-electron chi connectivity index (χ1n) is 7.96. The summed E-state index contributed by atoms with van der Waals surface area (Å²) in [7, 11) is 0. The number of amides is 1. The molecule has 1 aromatic rings. The molecule has 0 saturated carbocycles. The molecule has 2 aliphatic heterocycles. The summed E-state index contributed by atoms with van der Waals surface area (Å²) in [6.07, 6.45) is 1.12. The van der Waals surface area contributed by atoms with Crippen LogP contribution in [0.1, 0.15) is 32.3 Å². The van der Waals surface area contributed by atoms with Crippen molar-refractivity contribution < 1.29 is 19.0 Å². The molecule has 1 aromatic carbocycles. The van der Waals surface area contributed by atoms with Crippen LogP contribution in [0.25, 0.3) is 0 Å². The topological polar surface area (TPSA) is 82.8 Å². The third kappa shape index (κ3) is 3.28. The van der Waals surface area contributed by atoms with E-state index in [9.17, 15) is 4.79 Å². The second-order valence-corrected chi connectivity index (χ2v) is 6.90. The maximum absolute atomic E-state index is 12.4. The minimum Gasteiger partial charge on any atom is -0.454 e. The summed E-state index contributed by atoms with van der Waals surface area (Å²) in [6.45, 7) is 6.00. The van der Waals surface area contributed by atoms with Gasteiger partial charge >= 0.3 is 0 Å². The molecule has 0 aliphatic carbocycles. The fourth-order valence-corrected chi connectivity index (χ4v) is 2.86. The van der Waals surface area contributed by atoms with Crippen molar-refractivity contribution in [3.05, 3.63) is 23.8 Å². The van der Waals surface area contributed by atoms with Crippen LogP contribution in [0, 0.1) is 0 Å². The molecule has 0 radical (unpaired) electrons. The summed E-state index contributed by atoms with van der Waals surface area (Å²) in [5.74, 6) is 1.41. The maximum Gasteiger partial charge on any atom is 0.240 e. The zero-order chi connectivity index (χ0) is 16.5. The molecule has 0 unspecified atom stereocenters. The fraction of sp³-hybridized carbons (Fsp3) is 0.588. The second kappa shape index (κ2) is 6.02. The van der Waals surface area contributed by atoms with Gasteiger partial charge in [-0.05, 0) is 30.5 Å². The summed E-state index contributed by atoms with van der Waals surface area (Å²) in [5, 5.41) is 3.01. The van der Waals surface area contributed by atoms with Crippen LogP contribution in [0.3, 0.4) is 0 Å². The standard InChI is InChI=1S/C17H24N2O4/c1-16(2,12-3-4-13-14(9-12)23-11-22-13)10-19-15(20)17(18)5-7-21-8-6-17/h3-4,9H,5-8,10-11,18H2,1-2H3,(H,19,20). The lowest BCUT2D eigenvalue weighted by atomic mass is 9.83. The van der Waals surface area contributed by atoms with Crippen molar-refractivity contribution in [2.75, 3.05) is 26.6 Å². The Morgan fingerprint density at radius 3 is 2.70 bits per heavy atom. The van der Waals surface area contributed by atoms with Gasteiger partial charge in [-0.2, -0.15) is 0 Å². The van der Waals surface area contributed by atoms with E-state index in [-0.39, 0.29) is 18.1 Å². The predicted octanol–water partition coefficient (Wildman–Crippen LogP) is 1.32. The van der Waals surface area contributed by atoms with E-state index in [1.165, 1.54) is 0 Å². The molecule has 126 valence electrons. The zero-order valence-corrected chi connectivity index (χ0v) is 13.7. The second-order valence-electron chi connectivity index (χ2n) is 6.90. The summed E-state index contributed by atoms with van der Waals surface area (Å²) in [5.41, 5.74) is 6.25. The molecule has 0 aromatic heterocycles. The SMILES string of the molecule is CC(C)(CNC(=O)C1(N)CCOCC1)c1ccc2c(c1)OCO2. The number of carbonyl (C=O) groups is 1. The highest BCUT2D eigenvalue weighted by Gasteiger charge is 2.36. The fourth-order valence-electron chi connectivity index (χ4n) is 2.86. The van der Waals surface area contributed by atoms with Gasteiger partial charge in [0.2, 0.25) is 12.7 Å². The minimum absolute atomic E-state index is 0.102. The molecule has 1 fully saturated rings. The van der Waals surface area contributed by atoms with Crippen LogP contribution in [-0.2, 0) is 14.9 Å². The van der Waals surface area contributed by atoms with Crippen LogP contribution in [0.4, 0.5) is 0 Å². The number of rotatable bonds is 4. The van der Waals surface area contributed by atoms with Crippen LogP contribution in [0.2, 0.25) is 0 Å². The van der Waals surface area contributed by atoms with E-state index in [1.54, 1.807) is 0 Å². The average molecular weight is 320 g/mol. The van der Waals surface area contributed by atoms with Crippen LogP contribution < -0.4 is 20.5 Å². The summed E-state index contributed by atoms with van der Waals surface area (Å²) in [4.78, 5) is 12.4. The van der Waals surface area contributed by atoms with Gasteiger partial charge in [-0.15, -0.1) is 0 Å². The van der Waals surface area contributed by atoms with Crippen molar-refractivity contribution in [2.24, 2.45) is 5.73 Å². The minimum atomic E-state index is -0.816. The number of fused-ring (bicyclic) bond motifs is 1. The van der Waals surface area contributed by atoms with Crippen molar-refractivity contribution in [1.29, 1.82) is 0 Å². The Balaban J connectivity index is 1.65. The van der Waals surface area contributed by atoms with E-state index >= 15 is 0 Å². The van der Waals surface area contributed by atoms with Crippen molar-refractivity contribution >= 4 is 5.91 Å². The Labute approximate surface area is 136 Å². The van der Waals surface area contributed by atoms with Gasteiger partial charge in [-0.3, -0.25) is 4.79 Å². The van der Waals surface area contributed by atoms with Gasteiger partial charge in [-0.25, -0.2) is 0 Å². The van der Waals surface area contributed by atoms with E-state index in [2.05, 4.69) is 19.2 Å². The van der Waals surface area contributed by atoms with Crippen molar-refractivity contribution in [2.45, 2.75) is 37.6 Å². The highest BCUT2D eigenvalue weighted by molar-refractivity contribution is 5.86. The summed E-state index contributed by atoms with van der Waals surface area (Å²) < 4.78 is 16.1. The first-order valence-corrected chi connectivity index (χ1v) is 7.96. The third-order valence-electron chi connectivity index (χ3n) is 4.68. The van der Waals surface area contributed by atoms with Gasteiger partial charge in [-0.1, -0.05) is 19.9 Å². The van der Waals surface area contributed by atoms with E-state index in [0.29, 0.717) is 32.6 Å². The lowest BCUT2D eigenvalue weighted by Gasteiger charge is -2.34. The maximum atomic E-state index is 12.4. The Hall–Kier alpha value is -1.79. The molecule has 1 amide bonds. The third-order valence-corrected chi connectivity index (χ3v) is 4.68. The van der Waals surface area contributed by atoms with Crippen LogP contribution in [-0.4, -0.2) is 38.0 Å². The molecule has 0 spiro atoms. The monoisotopic (exact) mass is 320 g/mol. The van der Waals surface area contributed by atoms with E-state index < -0.39 is 5.54 Å². The Morgan fingerprint density at radius 2 is 1.96 bits per heavy atom. The van der Waals surface area contributed by atoms with E-state index in [1.807, 2.05) is 18.2 Å². The number of nitrogens with one attached hydrogen (secondary N) is 1. The Morgan fingerprint density at radius 1 is 1.26 bits per heavy atom. The van der Waals surface area contributed by atoms with E-state index in [0.717, 1.165) is 17.1 Å². The largest absolute Gasteiger partial charge is 0.454 e. The summed E-state index contributed by atoms with van der Waals surface area (Å²) in [6, 6.07) is 5.89. The number of carbonyl (C=O) groups excluding carboxylic acids is 1. The zero-order valence-electron chi connectivity index (χ0n) is 13.7. The number of benzene rings is 1. The normalized spacial score (nSPS) is 19.4. The predicted molar refractivity (Wildman–Crippen MR) is 85.6 cm³/mol. The number of hydrogen-bond acceptors (Lipinski definition) is 5. The van der Waals surface area contributed by atoms with Gasteiger partial charge in [0.25, 0.3) is 0 Å². The molecular formula is C17H24N2O4. The number of ether oxygens (including phenoxy) is 3. The molecule has 6 nitrogen and oxygen atoms in total. The van der Waals surface area contributed by atoms with Crippen molar-refractivity contribution in [1.82, 2.24) is 5.32 Å². The van der Waals surface area contributed by atoms with Crippen LogP contribution in [0.15, 0.2) is 18.2 Å². The molecule has 3 rings (SSSR count). The highest BCUT2D eigenvalue weighted by Crippen LogP contribution is 2.36. The highest BCUT2D eigenvalue weighted by atomic mass is 16.7.